The monoisotopic (exact) mass is 390 g/mol. The lowest BCUT2D eigenvalue weighted by Crippen LogP contribution is -2.23. The van der Waals surface area contributed by atoms with Crippen molar-refractivity contribution < 1.29 is 9.18 Å². The summed E-state index contributed by atoms with van der Waals surface area (Å²) in [6, 6.07) is 18.3. The molecular formula is C23H19FN2OS. The number of carbonyl (C=O) groups is 1. The van der Waals surface area contributed by atoms with E-state index in [1.54, 1.807) is 12.1 Å². The molecule has 0 atom stereocenters. The molecule has 0 aliphatic heterocycles. The second-order valence-corrected chi connectivity index (χ2v) is 7.47. The van der Waals surface area contributed by atoms with Crippen LogP contribution in [0.2, 0.25) is 0 Å². The predicted molar refractivity (Wildman–Crippen MR) is 111 cm³/mol. The molecule has 3 nitrogen and oxygen atoms in total. The van der Waals surface area contributed by atoms with Crippen molar-refractivity contribution in [3.63, 3.8) is 0 Å². The molecule has 28 heavy (non-hydrogen) atoms. The third kappa shape index (κ3) is 3.75. The highest BCUT2D eigenvalue weighted by Crippen LogP contribution is 2.35. The molecule has 4 rings (SSSR count). The minimum atomic E-state index is -0.286. The smallest absolute Gasteiger partial charge is 0.263 e. The van der Waals surface area contributed by atoms with Gasteiger partial charge in [0.25, 0.3) is 5.91 Å². The van der Waals surface area contributed by atoms with E-state index < -0.39 is 0 Å². The molecule has 0 saturated heterocycles. The third-order valence-corrected chi connectivity index (χ3v) is 5.53. The number of carbonyl (C=O) groups excluding carboxylic acids is 1. The Bertz CT molecular complexity index is 1080. The number of hydrogen-bond donors (Lipinski definition) is 1. The molecule has 0 fully saturated rings. The van der Waals surface area contributed by atoms with E-state index in [9.17, 15) is 9.18 Å². The van der Waals surface area contributed by atoms with Gasteiger partial charge in [0.15, 0.2) is 0 Å². The van der Waals surface area contributed by atoms with Crippen molar-refractivity contribution in [1.29, 1.82) is 0 Å². The van der Waals surface area contributed by atoms with E-state index >= 15 is 0 Å². The summed E-state index contributed by atoms with van der Waals surface area (Å²) < 4.78 is 15.0. The molecule has 1 amide bonds. The maximum Gasteiger partial charge on any atom is 0.263 e. The fraction of sp³-hybridized carbons (Fsp3) is 0.0870. The van der Waals surface area contributed by atoms with E-state index in [0.717, 1.165) is 22.4 Å². The topological polar surface area (TPSA) is 34.0 Å². The third-order valence-electron chi connectivity index (χ3n) is 4.56. The molecular weight excluding hydrogens is 371 g/mol. The van der Waals surface area contributed by atoms with E-state index in [1.807, 2.05) is 34.5 Å². The van der Waals surface area contributed by atoms with E-state index in [1.165, 1.54) is 29.0 Å². The Balaban J connectivity index is 1.65. The number of nitrogens with zero attached hydrogens (tertiary/aromatic N) is 1. The standard InChI is InChI=1S/C23H19FN2OS/c1-16-4-8-18(9-5-16)20-15-28-22(21(20)26-12-2-3-13-26)23(27)25-14-17-6-10-19(24)11-7-17/h2-13,15H,14H2,1H3,(H,25,27). The van der Waals surface area contributed by atoms with Gasteiger partial charge >= 0.3 is 0 Å². The fourth-order valence-electron chi connectivity index (χ4n) is 3.06. The summed E-state index contributed by atoms with van der Waals surface area (Å²) >= 11 is 1.43. The van der Waals surface area contributed by atoms with Gasteiger partial charge in [0.2, 0.25) is 0 Å². The van der Waals surface area contributed by atoms with Crippen LogP contribution in [0, 0.1) is 12.7 Å². The minimum absolute atomic E-state index is 0.142. The molecule has 1 N–H and O–H groups in total. The first-order valence-corrected chi connectivity index (χ1v) is 9.84. The lowest BCUT2D eigenvalue weighted by atomic mass is 10.0. The molecule has 0 aliphatic rings. The number of benzene rings is 2. The van der Waals surface area contributed by atoms with Gasteiger partial charge in [-0.25, -0.2) is 4.39 Å². The van der Waals surface area contributed by atoms with Crippen LogP contribution in [-0.2, 0) is 6.54 Å². The highest BCUT2D eigenvalue weighted by molar-refractivity contribution is 7.13. The molecule has 0 aliphatic carbocycles. The molecule has 0 spiro atoms. The van der Waals surface area contributed by atoms with E-state index in [0.29, 0.717) is 11.4 Å². The van der Waals surface area contributed by atoms with Gasteiger partial charge in [-0.2, -0.15) is 0 Å². The number of thiophene rings is 1. The van der Waals surface area contributed by atoms with Crippen LogP contribution >= 0.6 is 11.3 Å². The van der Waals surface area contributed by atoms with Gasteiger partial charge in [-0.3, -0.25) is 4.79 Å². The van der Waals surface area contributed by atoms with Gasteiger partial charge in [-0.15, -0.1) is 11.3 Å². The van der Waals surface area contributed by atoms with Gasteiger partial charge in [0.1, 0.15) is 10.7 Å². The maximum atomic E-state index is 13.1. The average molecular weight is 390 g/mol. The summed E-state index contributed by atoms with van der Waals surface area (Å²) in [7, 11) is 0. The van der Waals surface area contributed by atoms with Crippen LogP contribution in [0.15, 0.2) is 78.4 Å². The summed E-state index contributed by atoms with van der Waals surface area (Å²) in [4.78, 5) is 13.6. The van der Waals surface area contributed by atoms with Crippen molar-refractivity contribution in [3.8, 4) is 16.8 Å². The van der Waals surface area contributed by atoms with Crippen molar-refractivity contribution in [2.45, 2.75) is 13.5 Å². The summed E-state index contributed by atoms with van der Waals surface area (Å²) in [6.45, 7) is 2.40. The molecule has 0 unspecified atom stereocenters. The number of halogens is 1. The number of nitrogens with one attached hydrogen (secondary N) is 1. The molecule has 0 saturated carbocycles. The first kappa shape index (κ1) is 18.2. The summed E-state index contributed by atoms with van der Waals surface area (Å²) in [5.74, 6) is -0.428. The second kappa shape index (κ2) is 7.82. The maximum absolute atomic E-state index is 13.1. The van der Waals surface area contributed by atoms with E-state index in [-0.39, 0.29) is 11.7 Å². The molecule has 0 radical (unpaired) electrons. The Hall–Kier alpha value is -3.18. The van der Waals surface area contributed by atoms with E-state index in [4.69, 9.17) is 0 Å². The first-order chi connectivity index (χ1) is 13.6. The number of rotatable bonds is 5. The van der Waals surface area contributed by atoms with Crippen LogP contribution in [0.25, 0.3) is 16.8 Å². The number of aromatic nitrogens is 1. The Kier molecular flexibility index (Phi) is 5.08. The van der Waals surface area contributed by atoms with Crippen LogP contribution in [0.4, 0.5) is 4.39 Å². The molecule has 0 bridgehead atoms. The predicted octanol–water partition coefficient (Wildman–Crippen LogP) is 5.58. The van der Waals surface area contributed by atoms with Gasteiger partial charge < -0.3 is 9.88 Å². The highest BCUT2D eigenvalue weighted by Gasteiger charge is 2.20. The molecule has 2 aromatic heterocycles. The zero-order chi connectivity index (χ0) is 19.5. The Morgan fingerprint density at radius 2 is 1.71 bits per heavy atom. The van der Waals surface area contributed by atoms with Crippen LogP contribution < -0.4 is 5.32 Å². The molecule has 140 valence electrons. The number of amides is 1. The first-order valence-electron chi connectivity index (χ1n) is 8.96. The average Bonchev–Trinajstić information content (AvgIpc) is 3.37. The lowest BCUT2D eigenvalue weighted by molar-refractivity contribution is 0.0955. The summed E-state index contributed by atoms with van der Waals surface area (Å²) in [6.07, 6.45) is 3.88. The molecule has 4 aromatic rings. The highest BCUT2D eigenvalue weighted by atomic mass is 32.1. The van der Waals surface area contributed by atoms with Crippen LogP contribution in [-0.4, -0.2) is 10.5 Å². The van der Waals surface area contributed by atoms with Gasteiger partial charge in [-0.05, 0) is 42.3 Å². The molecule has 2 heterocycles. The van der Waals surface area contributed by atoms with E-state index in [2.05, 4.69) is 36.5 Å². The quantitative estimate of drug-likeness (QED) is 0.474. The largest absolute Gasteiger partial charge is 0.347 e. The number of aryl methyl sites for hydroxylation is 1. The minimum Gasteiger partial charge on any atom is -0.347 e. The molecule has 5 heteroatoms. The zero-order valence-electron chi connectivity index (χ0n) is 15.4. The van der Waals surface area contributed by atoms with Gasteiger partial charge in [-0.1, -0.05) is 42.0 Å². The Labute approximate surface area is 167 Å². The van der Waals surface area contributed by atoms with Crippen LogP contribution in [0.5, 0.6) is 0 Å². The van der Waals surface area contributed by atoms with Crippen molar-refractivity contribution >= 4 is 17.2 Å². The summed E-state index contributed by atoms with van der Waals surface area (Å²) in [5.41, 5.74) is 5.01. The number of hydrogen-bond acceptors (Lipinski definition) is 2. The van der Waals surface area contributed by atoms with Crippen molar-refractivity contribution in [1.82, 2.24) is 9.88 Å². The zero-order valence-corrected chi connectivity index (χ0v) is 16.2. The molecule has 2 aromatic carbocycles. The summed E-state index contributed by atoms with van der Waals surface area (Å²) in [5, 5.41) is 4.97. The normalized spacial score (nSPS) is 10.8. The lowest BCUT2D eigenvalue weighted by Gasteiger charge is -2.10. The van der Waals surface area contributed by atoms with Crippen molar-refractivity contribution in [3.05, 3.63) is 100 Å². The fourth-order valence-corrected chi connectivity index (χ4v) is 4.05. The van der Waals surface area contributed by atoms with Crippen molar-refractivity contribution in [2.75, 3.05) is 0 Å². The van der Waals surface area contributed by atoms with Crippen LogP contribution in [0.1, 0.15) is 20.8 Å². The van der Waals surface area contributed by atoms with Crippen molar-refractivity contribution in [2.24, 2.45) is 0 Å². The Morgan fingerprint density at radius 3 is 2.39 bits per heavy atom. The van der Waals surface area contributed by atoms with Crippen LogP contribution in [0.3, 0.4) is 0 Å². The van der Waals surface area contributed by atoms with Gasteiger partial charge in [0.05, 0.1) is 5.69 Å². The Morgan fingerprint density at radius 1 is 1.04 bits per heavy atom. The SMILES string of the molecule is Cc1ccc(-c2csc(C(=O)NCc3ccc(F)cc3)c2-n2cccc2)cc1. The second-order valence-electron chi connectivity index (χ2n) is 6.59. The van der Waals surface area contributed by atoms with Gasteiger partial charge in [0, 0.05) is 29.9 Å².